The molecule has 0 saturated carbocycles. The minimum atomic E-state index is -0.262. The summed E-state index contributed by atoms with van der Waals surface area (Å²) in [5.41, 5.74) is 4.64. The van der Waals surface area contributed by atoms with Gasteiger partial charge in [0.2, 0.25) is 0 Å². The molecule has 0 aromatic heterocycles. The average Bonchev–Trinajstić information content (AvgIpc) is 2.93. The quantitative estimate of drug-likeness (QED) is 0.546. The molecule has 2 amide bonds. The van der Waals surface area contributed by atoms with Crippen LogP contribution in [0, 0.1) is 13.8 Å². The molecule has 0 unspecified atom stereocenters. The van der Waals surface area contributed by atoms with Gasteiger partial charge in [0.25, 0.3) is 11.8 Å². The molecule has 0 fully saturated rings. The first-order valence-electron chi connectivity index (χ1n) is 9.41. The summed E-state index contributed by atoms with van der Waals surface area (Å²) >= 11 is 0. The summed E-state index contributed by atoms with van der Waals surface area (Å²) in [6, 6.07) is 15.6. The number of methoxy groups -OCH3 is 1. The van der Waals surface area contributed by atoms with E-state index in [0.717, 1.165) is 22.4 Å². The van der Waals surface area contributed by atoms with E-state index in [1.165, 1.54) is 4.90 Å². The lowest BCUT2D eigenvalue weighted by Gasteiger charge is -2.21. The fraction of sp³-hybridized carbons (Fsp3) is 0.304. The number of ether oxygens (including phenoxy) is 1. The van der Waals surface area contributed by atoms with Crippen molar-refractivity contribution in [1.82, 2.24) is 4.90 Å². The number of likely N-dealkylation sites (N-methyl/N-ethyl adjacent to an activating group) is 1. The summed E-state index contributed by atoms with van der Waals surface area (Å²) in [6.07, 6.45) is 0.608. The number of rotatable bonds is 7. The van der Waals surface area contributed by atoms with Gasteiger partial charge in [-0.25, -0.2) is 0 Å². The van der Waals surface area contributed by atoms with Crippen molar-refractivity contribution in [3.63, 3.8) is 0 Å². The number of nitrogens with zero attached hydrogens (tertiary/aromatic N) is 2. The molecular formula is C23H26N2O3. The number of hydrogen-bond donors (Lipinski definition) is 0. The number of carbonyl (C=O) groups is 2. The first kappa shape index (κ1) is 19.8. The van der Waals surface area contributed by atoms with Gasteiger partial charge in [0.15, 0.2) is 0 Å². The van der Waals surface area contributed by atoms with Gasteiger partial charge in [-0.1, -0.05) is 42.0 Å². The molecule has 1 heterocycles. The molecule has 28 heavy (non-hydrogen) atoms. The van der Waals surface area contributed by atoms with E-state index in [1.807, 2.05) is 74.3 Å². The van der Waals surface area contributed by atoms with Crippen LogP contribution in [0.2, 0.25) is 0 Å². The largest absolute Gasteiger partial charge is 0.385 e. The number of amides is 2. The Bertz CT molecular complexity index is 919. The van der Waals surface area contributed by atoms with E-state index in [9.17, 15) is 9.59 Å². The average molecular weight is 378 g/mol. The standard InChI is InChI=1S/C23H26N2O3/c1-16-11-12-19(17(2)15-16)20-21(24(3)18-9-6-5-7-10-18)23(27)25(22(20)26)13-8-14-28-4/h5-7,9-12,15H,8,13-14H2,1-4H3. The first-order chi connectivity index (χ1) is 13.5. The van der Waals surface area contributed by atoms with Crippen molar-refractivity contribution in [1.29, 1.82) is 0 Å². The zero-order chi connectivity index (χ0) is 20.3. The zero-order valence-corrected chi connectivity index (χ0v) is 16.9. The lowest BCUT2D eigenvalue weighted by atomic mass is 9.97. The Balaban J connectivity index is 2.10. The number of anilines is 1. The highest BCUT2D eigenvalue weighted by Crippen LogP contribution is 2.35. The van der Waals surface area contributed by atoms with Crippen molar-refractivity contribution in [3.8, 4) is 0 Å². The van der Waals surface area contributed by atoms with Crippen molar-refractivity contribution in [2.45, 2.75) is 20.3 Å². The lowest BCUT2D eigenvalue weighted by molar-refractivity contribution is -0.137. The van der Waals surface area contributed by atoms with Crippen molar-refractivity contribution >= 4 is 23.1 Å². The van der Waals surface area contributed by atoms with Crippen LogP contribution in [0.4, 0.5) is 5.69 Å². The Kier molecular flexibility index (Phi) is 5.95. The second-order valence-electron chi connectivity index (χ2n) is 7.04. The van der Waals surface area contributed by atoms with E-state index in [4.69, 9.17) is 4.74 Å². The molecule has 2 aromatic rings. The number of carbonyl (C=O) groups excluding carboxylic acids is 2. The molecule has 0 aliphatic carbocycles. The second kappa shape index (κ2) is 8.40. The van der Waals surface area contributed by atoms with Gasteiger partial charge in [-0.2, -0.15) is 0 Å². The minimum absolute atomic E-state index is 0.245. The van der Waals surface area contributed by atoms with Crippen LogP contribution < -0.4 is 4.90 Å². The molecule has 0 spiro atoms. The SMILES string of the molecule is COCCCN1C(=O)C(c2ccc(C)cc2C)=C(N(C)c2ccccc2)C1=O. The zero-order valence-electron chi connectivity index (χ0n) is 16.9. The second-order valence-corrected chi connectivity index (χ2v) is 7.04. The van der Waals surface area contributed by atoms with Gasteiger partial charge in [0.05, 0.1) is 5.57 Å². The number of benzene rings is 2. The van der Waals surface area contributed by atoms with Crippen LogP contribution in [0.3, 0.4) is 0 Å². The highest BCUT2D eigenvalue weighted by molar-refractivity contribution is 6.36. The van der Waals surface area contributed by atoms with Gasteiger partial charge < -0.3 is 9.64 Å². The van der Waals surface area contributed by atoms with E-state index < -0.39 is 0 Å². The summed E-state index contributed by atoms with van der Waals surface area (Å²) in [5.74, 6) is -0.506. The highest BCUT2D eigenvalue weighted by atomic mass is 16.5. The van der Waals surface area contributed by atoms with Crippen molar-refractivity contribution in [2.24, 2.45) is 0 Å². The summed E-state index contributed by atoms with van der Waals surface area (Å²) < 4.78 is 5.09. The van der Waals surface area contributed by atoms with Crippen molar-refractivity contribution in [3.05, 3.63) is 70.9 Å². The van der Waals surface area contributed by atoms with E-state index >= 15 is 0 Å². The number of imide groups is 1. The molecule has 0 bridgehead atoms. The van der Waals surface area contributed by atoms with Crippen LogP contribution in [0.25, 0.3) is 5.57 Å². The molecule has 1 aliphatic rings. The van der Waals surface area contributed by atoms with Crippen molar-refractivity contribution in [2.75, 3.05) is 32.2 Å². The van der Waals surface area contributed by atoms with Crippen LogP contribution in [0.5, 0.6) is 0 Å². The lowest BCUT2D eigenvalue weighted by Crippen LogP contribution is -2.35. The summed E-state index contributed by atoms with van der Waals surface area (Å²) in [6.45, 7) is 4.83. The molecule has 0 atom stereocenters. The predicted molar refractivity (Wildman–Crippen MR) is 111 cm³/mol. The predicted octanol–water partition coefficient (Wildman–Crippen LogP) is 3.56. The molecule has 146 valence electrons. The van der Waals surface area contributed by atoms with E-state index in [0.29, 0.717) is 30.8 Å². The fourth-order valence-corrected chi connectivity index (χ4v) is 3.56. The minimum Gasteiger partial charge on any atom is -0.385 e. The Morgan fingerprint density at radius 3 is 2.36 bits per heavy atom. The molecular weight excluding hydrogens is 352 g/mol. The number of para-hydroxylation sites is 1. The van der Waals surface area contributed by atoms with Crippen LogP contribution in [0.1, 0.15) is 23.1 Å². The van der Waals surface area contributed by atoms with Crippen LogP contribution in [-0.2, 0) is 14.3 Å². The van der Waals surface area contributed by atoms with Crippen LogP contribution in [0.15, 0.2) is 54.2 Å². The molecule has 0 N–H and O–H groups in total. The molecule has 3 rings (SSSR count). The van der Waals surface area contributed by atoms with E-state index in [-0.39, 0.29) is 11.8 Å². The third-order valence-electron chi connectivity index (χ3n) is 5.00. The third kappa shape index (κ3) is 3.71. The monoisotopic (exact) mass is 378 g/mol. The Labute approximate surface area is 166 Å². The van der Waals surface area contributed by atoms with Crippen LogP contribution >= 0.6 is 0 Å². The molecule has 5 heteroatoms. The van der Waals surface area contributed by atoms with Gasteiger partial charge >= 0.3 is 0 Å². The topological polar surface area (TPSA) is 49.9 Å². The highest BCUT2D eigenvalue weighted by Gasteiger charge is 2.41. The fourth-order valence-electron chi connectivity index (χ4n) is 3.56. The molecule has 5 nitrogen and oxygen atoms in total. The molecule has 1 aliphatic heterocycles. The van der Waals surface area contributed by atoms with Crippen LogP contribution in [-0.4, -0.2) is 44.0 Å². The van der Waals surface area contributed by atoms with E-state index in [1.54, 1.807) is 7.11 Å². The van der Waals surface area contributed by atoms with Crippen molar-refractivity contribution < 1.29 is 14.3 Å². The summed E-state index contributed by atoms with van der Waals surface area (Å²) in [5, 5.41) is 0. The normalized spacial score (nSPS) is 14.2. The maximum absolute atomic E-state index is 13.3. The third-order valence-corrected chi connectivity index (χ3v) is 5.00. The number of aryl methyl sites for hydroxylation is 2. The molecule has 0 radical (unpaired) electrons. The first-order valence-corrected chi connectivity index (χ1v) is 9.41. The smallest absolute Gasteiger partial charge is 0.278 e. The van der Waals surface area contributed by atoms with Gasteiger partial charge in [0.1, 0.15) is 5.70 Å². The maximum atomic E-state index is 13.3. The Morgan fingerprint density at radius 2 is 1.71 bits per heavy atom. The Hall–Kier alpha value is -2.92. The summed E-state index contributed by atoms with van der Waals surface area (Å²) in [7, 11) is 3.44. The Morgan fingerprint density at radius 1 is 1.00 bits per heavy atom. The van der Waals surface area contributed by atoms with Gasteiger partial charge in [0, 0.05) is 33.0 Å². The summed E-state index contributed by atoms with van der Waals surface area (Å²) in [4.78, 5) is 29.7. The van der Waals surface area contributed by atoms with Gasteiger partial charge in [-0.05, 0) is 43.5 Å². The maximum Gasteiger partial charge on any atom is 0.278 e. The van der Waals surface area contributed by atoms with E-state index in [2.05, 4.69) is 0 Å². The van der Waals surface area contributed by atoms with Gasteiger partial charge in [-0.3, -0.25) is 14.5 Å². The number of hydrogen-bond acceptors (Lipinski definition) is 4. The molecule has 0 saturated heterocycles. The van der Waals surface area contributed by atoms with Gasteiger partial charge in [-0.15, -0.1) is 0 Å². The molecule has 2 aromatic carbocycles.